The van der Waals surface area contributed by atoms with Crippen LogP contribution in [0.3, 0.4) is 0 Å². The Morgan fingerprint density at radius 2 is 2.50 bits per heavy atom. The van der Waals surface area contributed by atoms with Crippen molar-refractivity contribution >= 4 is 18.2 Å². The van der Waals surface area contributed by atoms with Gasteiger partial charge in [0.2, 0.25) is 0 Å². The number of carbonyl (C=O) groups is 1. The molecule has 1 atom stereocenters. The molecule has 0 aromatic rings. The predicted octanol–water partition coefficient (Wildman–Crippen LogP) is 1.26. The number of thioether (sulfide) groups is 1. The Balaban J connectivity index is 3.03. The molecule has 0 N–H and O–H groups in total. The highest BCUT2D eigenvalue weighted by Gasteiger charge is 1.96. The topological polar surface area (TPSA) is 26.3 Å². The van der Waals surface area contributed by atoms with Crippen LogP contribution >= 0.6 is 11.8 Å². The summed E-state index contributed by atoms with van der Waals surface area (Å²) in [4.78, 5) is 9.65. The van der Waals surface area contributed by atoms with Crippen LogP contribution in [0.5, 0.6) is 0 Å². The molecule has 0 saturated carbocycles. The van der Waals surface area contributed by atoms with E-state index in [1.165, 1.54) is 0 Å². The van der Waals surface area contributed by atoms with Gasteiger partial charge in [0.1, 0.15) is 5.44 Å². The van der Waals surface area contributed by atoms with Gasteiger partial charge in [0.25, 0.3) is 6.47 Å². The van der Waals surface area contributed by atoms with E-state index in [9.17, 15) is 4.79 Å². The molecule has 8 heavy (non-hydrogen) atoms. The molecule has 0 heterocycles. The minimum atomic E-state index is 0.0116. The summed E-state index contributed by atoms with van der Waals surface area (Å²) in [5.41, 5.74) is 0.0116. The summed E-state index contributed by atoms with van der Waals surface area (Å²) in [7, 11) is 0. The van der Waals surface area contributed by atoms with Gasteiger partial charge in [0, 0.05) is 0 Å². The third kappa shape index (κ3) is 3.99. The molecular weight excluding hydrogens is 124 g/mol. The fraction of sp³-hybridized carbons (Fsp3) is 0.800. The monoisotopic (exact) mass is 134 g/mol. The second-order valence-electron chi connectivity index (χ2n) is 1.26. The molecule has 0 saturated heterocycles. The van der Waals surface area contributed by atoms with Gasteiger partial charge in [-0.25, -0.2) is 0 Å². The second-order valence-corrected chi connectivity index (χ2v) is 2.83. The van der Waals surface area contributed by atoms with Gasteiger partial charge in [-0.15, -0.1) is 11.8 Å². The largest absolute Gasteiger partial charge is 0.454 e. The van der Waals surface area contributed by atoms with Crippen LogP contribution < -0.4 is 0 Å². The van der Waals surface area contributed by atoms with E-state index in [4.69, 9.17) is 0 Å². The smallest absolute Gasteiger partial charge is 0.294 e. The van der Waals surface area contributed by atoms with Crippen molar-refractivity contribution in [2.24, 2.45) is 0 Å². The van der Waals surface area contributed by atoms with Crippen molar-refractivity contribution in [3.05, 3.63) is 0 Å². The van der Waals surface area contributed by atoms with Crippen LogP contribution in [0.25, 0.3) is 0 Å². The molecule has 0 aromatic heterocycles. The van der Waals surface area contributed by atoms with E-state index in [1.54, 1.807) is 11.8 Å². The second kappa shape index (κ2) is 4.97. The van der Waals surface area contributed by atoms with Crippen LogP contribution in [0.4, 0.5) is 0 Å². The van der Waals surface area contributed by atoms with Crippen molar-refractivity contribution in [1.82, 2.24) is 0 Å². The lowest BCUT2D eigenvalue weighted by Crippen LogP contribution is -2.00. The molecule has 0 amide bonds. The SMILES string of the molecule is CCSC(C)OC=O. The first-order valence-corrected chi connectivity index (χ1v) is 3.56. The zero-order chi connectivity index (χ0) is 6.41. The average molecular weight is 134 g/mol. The molecule has 0 aliphatic carbocycles. The molecule has 0 bridgehead atoms. The number of rotatable bonds is 4. The Morgan fingerprint density at radius 1 is 1.88 bits per heavy atom. The molecule has 1 unspecified atom stereocenters. The summed E-state index contributed by atoms with van der Waals surface area (Å²) in [5.74, 6) is 0.981. The highest BCUT2D eigenvalue weighted by molar-refractivity contribution is 7.99. The lowest BCUT2D eigenvalue weighted by molar-refractivity contribution is -0.129. The number of hydrogen-bond acceptors (Lipinski definition) is 3. The summed E-state index contributed by atoms with van der Waals surface area (Å²) in [6.07, 6.45) is 0. The van der Waals surface area contributed by atoms with Crippen LogP contribution in [0.15, 0.2) is 0 Å². The summed E-state index contributed by atoms with van der Waals surface area (Å²) < 4.78 is 4.56. The van der Waals surface area contributed by atoms with Crippen LogP contribution in [0, 0.1) is 0 Å². The Morgan fingerprint density at radius 3 is 2.88 bits per heavy atom. The van der Waals surface area contributed by atoms with Gasteiger partial charge in [-0.05, 0) is 12.7 Å². The van der Waals surface area contributed by atoms with Crippen molar-refractivity contribution < 1.29 is 9.53 Å². The number of hydrogen-bond donors (Lipinski definition) is 0. The van der Waals surface area contributed by atoms with E-state index in [2.05, 4.69) is 4.74 Å². The lowest BCUT2D eigenvalue weighted by Gasteiger charge is -2.04. The molecule has 0 aliphatic rings. The van der Waals surface area contributed by atoms with E-state index in [0.717, 1.165) is 5.75 Å². The van der Waals surface area contributed by atoms with Crippen LogP contribution in [-0.4, -0.2) is 17.7 Å². The first kappa shape index (κ1) is 7.82. The lowest BCUT2D eigenvalue weighted by atomic mass is 10.9. The van der Waals surface area contributed by atoms with Crippen molar-refractivity contribution in [3.8, 4) is 0 Å². The highest BCUT2D eigenvalue weighted by atomic mass is 32.2. The van der Waals surface area contributed by atoms with E-state index in [0.29, 0.717) is 6.47 Å². The fourth-order valence-corrected chi connectivity index (χ4v) is 0.946. The van der Waals surface area contributed by atoms with Gasteiger partial charge in [-0.1, -0.05) is 6.92 Å². The summed E-state index contributed by atoms with van der Waals surface area (Å²) >= 11 is 1.60. The zero-order valence-corrected chi connectivity index (χ0v) is 5.90. The molecule has 0 radical (unpaired) electrons. The molecule has 0 aromatic carbocycles. The average Bonchev–Trinajstić information content (AvgIpc) is 1.68. The molecule has 0 rings (SSSR count). The third-order valence-electron chi connectivity index (χ3n) is 0.649. The van der Waals surface area contributed by atoms with E-state index in [-0.39, 0.29) is 5.44 Å². The molecular formula is C5H10O2S. The maximum Gasteiger partial charge on any atom is 0.294 e. The minimum Gasteiger partial charge on any atom is -0.454 e. The van der Waals surface area contributed by atoms with Crippen LogP contribution in [0.2, 0.25) is 0 Å². The van der Waals surface area contributed by atoms with Crippen LogP contribution in [0.1, 0.15) is 13.8 Å². The van der Waals surface area contributed by atoms with Gasteiger partial charge in [0.15, 0.2) is 0 Å². The first-order valence-electron chi connectivity index (χ1n) is 2.52. The Kier molecular flexibility index (Phi) is 4.85. The number of ether oxygens (including phenoxy) is 1. The first-order chi connectivity index (χ1) is 3.81. The van der Waals surface area contributed by atoms with Crippen molar-refractivity contribution in [1.29, 1.82) is 0 Å². The Hall–Kier alpha value is -0.180. The molecule has 48 valence electrons. The van der Waals surface area contributed by atoms with Gasteiger partial charge in [-0.3, -0.25) is 4.79 Å². The summed E-state index contributed by atoms with van der Waals surface area (Å²) in [6, 6.07) is 0. The highest BCUT2D eigenvalue weighted by Crippen LogP contribution is 2.08. The molecule has 0 aliphatic heterocycles. The minimum absolute atomic E-state index is 0.0116. The molecule has 0 fully saturated rings. The van der Waals surface area contributed by atoms with E-state index >= 15 is 0 Å². The Bertz CT molecular complexity index is 65.4. The molecule has 3 heteroatoms. The summed E-state index contributed by atoms with van der Waals surface area (Å²) in [6.45, 7) is 4.35. The van der Waals surface area contributed by atoms with E-state index in [1.807, 2.05) is 13.8 Å². The zero-order valence-electron chi connectivity index (χ0n) is 5.09. The molecule has 2 nitrogen and oxygen atoms in total. The van der Waals surface area contributed by atoms with Gasteiger partial charge in [-0.2, -0.15) is 0 Å². The maximum absolute atomic E-state index is 9.65. The van der Waals surface area contributed by atoms with Crippen molar-refractivity contribution in [3.63, 3.8) is 0 Å². The van der Waals surface area contributed by atoms with E-state index < -0.39 is 0 Å². The van der Waals surface area contributed by atoms with Crippen LogP contribution in [-0.2, 0) is 9.53 Å². The van der Waals surface area contributed by atoms with Crippen molar-refractivity contribution in [2.45, 2.75) is 19.3 Å². The van der Waals surface area contributed by atoms with Gasteiger partial charge in [0.05, 0.1) is 0 Å². The van der Waals surface area contributed by atoms with Gasteiger partial charge < -0.3 is 4.74 Å². The standard InChI is InChI=1S/C5H10O2S/c1-3-8-5(2)7-4-6/h4-5H,3H2,1-2H3. The summed E-state index contributed by atoms with van der Waals surface area (Å²) in [5, 5.41) is 0. The Labute approximate surface area is 53.6 Å². The number of carbonyl (C=O) groups excluding carboxylic acids is 1. The predicted molar refractivity (Wildman–Crippen MR) is 34.7 cm³/mol. The fourth-order valence-electron chi connectivity index (χ4n) is 0.352. The van der Waals surface area contributed by atoms with Crippen molar-refractivity contribution in [2.75, 3.05) is 5.75 Å². The van der Waals surface area contributed by atoms with Gasteiger partial charge >= 0.3 is 0 Å². The quantitative estimate of drug-likeness (QED) is 0.427. The third-order valence-corrected chi connectivity index (χ3v) is 1.56. The molecule has 0 spiro atoms. The maximum atomic E-state index is 9.65. The normalized spacial score (nSPS) is 12.8.